The summed E-state index contributed by atoms with van der Waals surface area (Å²) in [6, 6.07) is 3.84. The highest BCUT2D eigenvalue weighted by Gasteiger charge is 2.39. The number of thiophene rings is 1. The first-order chi connectivity index (χ1) is 10.3. The van der Waals surface area contributed by atoms with Crippen LogP contribution >= 0.6 is 11.3 Å². The molecule has 2 aliphatic carbocycles. The first-order valence-electron chi connectivity index (χ1n) is 8.80. The Hall–Kier alpha value is -0.380. The smallest absolute Gasteiger partial charge is 0.0331 e. The second-order valence-corrected chi connectivity index (χ2v) is 8.56. The molecule has 0 spiro atoms. The van der Waals surface area contributed by atoms with E-state index in [2.05, 4.69) is 28.6 Å². The molecule has 1 unspecified atom stereocenters. The van der Waals surface area contributed by atoms with E-state index in [1.807, 2.05) is 11.3 Å². The van der Waals surface area contributed by atoms with Crippen LogP contribution in [-0.2, 0) is 6.42 Å². The maximum atomic E-state index is 3.83. The molecule has 0 saturated heterocycles. The third-order valence-corrected chi connectivity index (χ3v) is 6.95. The van der Waals surface area contributed by atoms with Gasteiger partial charge in [-0.2, -0.15) is 0 Å². The van der Waals surface area contributed by atoms with Crippen LogP contribution in [0.15, 0.2) is 11.4 Å². The van der Waals surface area contributed by atoms with Crippen LogP contribution in [0, 0.1) is 5.41 Å². The quantitative estimate of drug-likeness (QED) is 0.885. The largest absolute Gasteiger partial charge is 0.313 e. The van der Waals surface area contributed by atoms with Gasteiger partial charge in [0.15, 0.2) is 0 Å². The fourth-order valence-corrected chi connectivity index (χ4v) is 5.34. The molecule has 2 nitrogen and oxygen atoms in total. The first kappa shape index (κ1) is 14.2. The molecule has 0 amide bonds. The molecule has 3 aliphatic rings. The monoisotopic (exact) mass is 304 g/mol. The summed E-state index contributed by atoms with van der Waals surface area (Å²) in [6.07, 6.45) is 9.85. The summed E-state index contributed by atoms with van der Waals surface area (Å²) >= 11 is 1.96. The van der Waals surface area contributed by atoms with Crippen LogP contribution in [0.4, 0.5) is 0 Å². The number of hydrogen-bond donors (Lipinski definition) is 1. The van der Waals surface area contributed by atoms with Crippen molar-refractivity contribution in [2.45, 2.75) is 64.0 Å². The van der Waals surface area contributed by atoms with Crippen molar-refractivity contribution in [2.75, 3.05) is 19.6 Å². The molecule has 2 heterocycles. The standard InChI is InChI=1S/C18H28N2S/c1-14-16-7-11-21-17(16)6-10-20(14)13-18(8-2-3-9-18)12-19-15-4-5-15/h7,11,14-15,19H,2-6,8-10,12-13H2,1H3. The molecule has 21 heavy (non-hydrogen) atoms. The lowest BCUT2D eigenvalue weighted by molar-refractivity contribution is 0.109. The van der Waals surface area contributed by atoms with Crippen molar-refractivity contribution in [2.24, 2.45) is 5.41 Å². The van der Waals surface area contributed by atoms with Gasteiger partial charge in [0.1, 0.15) is 0 Å². The fraction of sp³-hybridized carbons (Fsp3) is 0.778. The molecule has 2 saturated carbocycles. The van der Waals surface area contributed by atoms with Crippen molar-refractivity contribution in [3.63, 3.8) is 0 Å². The zero-order valence-electron chi connectivity index (χ0n) is 13.2. The fourth-order valence-electron chi connectivity index (χ4n) is 4.37. The number of nitrogens with zero attached hydrogens (tertiary/aromatic N) is 1. The van der Waals surface area contributed by atoms with Crippen LogP contribution in [0.3, 0.4) is 0 Å². The summed E-state index contributed by atoms with van der Waals surface area (Å²) in [5.74, 6) is 0. The minimum atomic E-state index is 0.560. The van der Waals surface area contributed by atoms with Gasteiger partial charge in [-0.15, -0.1) is 11.3 Å². The van der Waals surface area contributed by atoms with Gasteiger partial charge in [-0.1, -0.05) is 12.8 Å². The third-order valence-electron chi connectivity index (χ3n) is 5.95. The van der Waals surface area contributed by atoms with Crippen LogP contribution in [0.2, 0.25) is 0 Å². The molecule has 1 aromatic heterocycles. The van der Waals surface area contributed by atoms with E-state index in [0.29, 0.717) is 11.5 Å². The molecule has 1 N–H and O–H groups in total. The molecule has 2 fully saturated rings. The molecule has 116 valence electrons. The van der Waals surface area contributed by atoms with Crippen molar-refractivity contribution in [3.05, 3.63) is 21.9 Å². The average Bonchev–Trinajstić information content (AvgIpc) is 3.00. The Morgan fingerprint density at radius 1 is 1.33 bits per heavy atom. The summed E-state index contributed by atoms with van der Waals surface area (Å²) in [4.78, 5) is 4.41. The maximum Gasteiger partial charge on any atom is 0.0331 e. The van der Waals surface area contributed by atoms with Crippen LogP contribution in [0.25, 0.3) is 0 Å². The van der Waals surface area contributed by atoms with Crippen LogP contribution in [0.5, 0.6) is 0 Å². The van der Waals surface area contributed by atoms with Crippen LogP contribution in [-0.4, -0.2) is 30.6 Å². The van der Waals surface area contributed by atoms with E-state index in [9.17, 15) is 0 Å². The Bertz CT molecular complexity index is 485. The summed E-state index contributed by atoms with van der Waals surface area (Å²) in [5.41, 5.74) is 2.17. The summed E-state index contributed by atoms with van der Waals surface area (Å²) in [6.45, 7) is 6.25. The molecular weight excluding hydrogens is 276 g/mol. The van der Waals surface area contributed by atoms with Gasteiger partial charge in [0.25, 0.3) is 0 Å². The zero-order chi connectivity index (χ0) is 14.3. The molecule has 0 bridgehead atoms. The second kappa shape index (κ2) is 5.68. The van der Waals surface area contributed by atoms with E-state index in [1.165, 1.54) is 64.6 Å². The zero-order valence-corrected chi connectivity index (χ0v) is 14.1. The van der Waals surface area contributed by atoms with Crippen molar-refractivity contribution in [1.82, 2.24) is 10.2 Å². The number of nitrogens with one attached hydrogen (secondary N) is 1. The Morgan fingerprint density at radius 2 is 2.14 bits per heavy atom. The highest BCUT2D eigenvalue weighted by Crippen LogP contribution is 2.42. The van der Waals surface area contributed by atoms with Crippen molar-refractivity contribution < 1.29 is 0 Å². The molecule has 1 aromatic rings. The Kier molecular flexibility index (Phi) is 3.85. The Balaban J connectivity index is 1.45. The lowest BCUT2D eigenvalue weighted by Gasteiger charge is -2.41. The predicted octanol–water partition coefficient (Wildman–Crippen LogP) is 3.98. The molecule has 1 atom stereocenters. The maximum absolute atomic E-state index is 3.83. The van der Waals surface area contributed by atoms with E-state index in [4.69, 9.17) is 0 Å². The van der Waals surface area contributed by atoms with E-state index >= 15 is 0 Å². The van der Waals surface area contributed by atoms with E-state index in [1.54, 1.807) is 10.4 Å². The minimum Gasteiger partial charge on any atom is -0.313 e. The number of rotatable bonds is 5. The third kappa shape index (κ3) is 2.93. The Morgan fingerprint density at radius 3 is 2.90 bits per heavy atom. The normalized spacial score (nSPS) is 28.7. The second-order valence-electron chi connectivity index (χ2n) is 7.56. The Labute approximate surface area is 132 Å². The van der Waals surface area contributed by atoms with Gasteiger partial charge < -0.3 is 5.32 Å². The molecule has 4 rings (SSSR count). The summed E-state index contributed by atoms with van der Waals surface area (Å²) in [5, 5.41) is 6.12. The van der Waals surface area contributed by atoms with Gasteiger partial charge in [-0.25, -0.2) is 0 Å². The molecule has 0 radical (unpaired) electrons. The summed E-state index contributed by atoms with van der Waals surface area (Å²) in [7, 11) is 0. The van der Waals surface area contributed by atoms with Gasteiger partial charge in [0.05, 0.1) is 0 Å². The lowest BCUT2D eigenvalue weighted by atomic mass is 9.84. The van der Waals surface area contributed by atoms with Gasteiger partial charge >= 0.3 is 0 Å². The van der Waals surface area contributed by atoms with Gasteiger partial charge in [-0.05, 0) is 61.5 Å². The van der Waals surface area contributed by atoms with Crippen molar-refractivity contribution in [3.8, 4) is 0 Å². The van der Waals surface area contributed by atoms with E-state index < -0.39 is 0 Å². The van der Waals surface area contributed by atoms with E-state index in [-0.39, 0.29) is 0 Å². The van der Waals surface area contributed by atoms with Crippen molar-refractivity contribution >= 4 is 11.3 Å². The topological polar surface area (TPSA) is 15.3 Å². The SMILES string of the molecule is CC1c2ccsc2CCN1CC1(CNC2CC2)CCCC1. The summed E-state index contributed by atoms with van der Waals surface area (Å²) < 4.78 is 0. The first-order valence-corrected chi connectivity index (χ1v) is 9.67. The molecule has 3 heteroatoms. The number of fused-ring (bicyclic) bond motifs is 1. The van der Waals surface area contributed by atoms with Crippen LogP contribution < -0.4 is 5.32 Å². The highest BCUT2D eigenvalue weighted by molar-refractivity contribution is 7.10. The average molecular weight is 305 g/mol. The van der Waals surface area contributed by atoms with Gasteiger partial charge in [-0.3, -0.25) is 4.90 Å². The molecule has 1 aliphatic heterocycles. The minimum absolute atomic E-state index is 0.560. The predicted molar refractivity (Wildman–Crippen MR) is 89.9 cm³/mol. The van der Waals surface area contributed by atoms with Gasteiger partial charge in [0, 0.05) is 36.6 Å². The lowest BCUT2D eigenvalue weighted by Crippen LogP contribution is -2.45. The van der Waals surface area contributed by atoms with Gasteiger partial charge in [0.2, 0.25) is 0 Å². The highest BCUT2D eigenvalue weighted by atomic mass is 32.1. The molecule has 0 aromatic carbocycles. The number of hydrogen-bond acceptors (Lipinski definition) is 3. The van der Waals surface area contributed by atoms with Crippen LogP contribution in [0.1, 0.15) is 61.9 Å². The molecular formula is C18H28N2S. The van der Waals surface area contributed by atoms with E-state index in [0.717, 1.165) is 6.04 Å². The van der Waals surface area contributed by atoms with Crippen molar-refractivity contribution in [1.29, 1.82) is 0 Å².